The Balaban J connectivity index is 4.16. The molecule has 0 N–H and O–H groups in total. The first-order valence-electron chi connectivity index (χ1n) is 5.90. The van der Waals surface area contributed by atoms with E-state index in [1.54, 1.807) is 0 Å². The molecule has 90 valence electrons. The highest BCUT2D eigenvalue weighted by molar-refractivity contribution is 5.74. The molecule has 0 heterocycles. The second-order valence-corrected chi connectivity index (χ2v) is 3.96. The van der Waals surface area contributed by atoms with Crippen LogP contribution < -0.4 is 0 Å². The van der Waals surface area contributed by atoms with Gasteiger partial charge in [0.05, 0.1) is 12.2 Å². The molecule has 0 aromatic carbocycles. The quantitative estimate of drug-likeness (QED) is 0.614. The maximum atomic E-state index is 11.6. The van der Waals surface area contributed by atoms with Crippen molar-refractivity contribution in [3.63, 3.8) is 0 Å². The van der Waals surface area contributed by atoms with Crippen molar-refractivity contribution in [2.75, 3.05) is 0 Å². The van der Waals surface area contributed by atoms with Crippen LogP contribution in [-0.2, 0) is 14.3 Å². The van der Waals surface area contributed by atoms with Crippen LogP contribution in [0.15, 0.2) is 0 Å². The van der Waals surface area contributed by atoms with Crippen LogP contribution in [0.3, 0.4) is 0 Å². The monoisotopic (exact) mass is 216 g/mol. The number of hydrogen-bond donors (Lipinski definition) is 0. The summed E-state index contributed by atoms with van der Waals surface area (Å²) < 4.78 is 10.8. The summed E-state index contributed by atoms with van der Waals surface area (Å²) >= 11 is 0. The van der Waals surface area contributed by atoms with E-state index in [-0.39, 0.29) is 18.2 Å². The molecule has 0 rings (SSSR count). The van der Waals surface area contributed by atoms with Gasteiger partial charge in [0.1, 0.15) is 0 Å². The van der Waals surface area contributed by atoms with Crippen molar-refractivity contribution in [1.29, 1.82) is 0 Å². The minimum atomic E-state index is -0.405. The molecule has 0 fully saturated rings. The molecular formula is C12H24O3. The third kappa shape index (κ3) is 5.78. The van der Waals surface area contributed by atoms with E-state index in [2.05, 4.69) is 13.8 Å². The van der Waals surface area contributed by atoms with Crippen LogP contribution in [0, 0.1) is 0 Å². The zero-order valence-electron chi connectivity index (χ0n) is 10.6. The van der Waals surface area contributed by atoms with E-state index in [4.69, 9.17) is 9.47 Å². The number of carbonyl (C=O) groups is 1. The lowest BCUT2D eigenvalue weighted by molar-refractivity contribution is -0.165. The Bertz CT molecular complexity index is 174. The lowest BCUT2D eigenvalue weighted by Gasteiger charge is -2.22. The molecule has 0 aliphatic heterocycles. The zero-order chi connectivity index (χ0) is 11.8. The summed E-state index contributed by atoms with van der Waals surface area (Å²) in [5, 5.41) is 0. The molecular weight excluding hydrogens is 192 g/mol. The summed E-state index contributed by atoms with van der Waals surface area (Å²) in [7, 11) is 0. The Labute approximate surface area is 93.1 Å². The van der Waals surface area contributed by atoms with E-state index in [9.17, 15) is 4.79 Å². The van der Waals surface area contributed by atoms with E-state index in [0.29, 0.717) is 6.42 Å². The molecule has 0 amide bonds. The molecule has 15 heavy (non-hydrogen) atoms. The average molecular weight is 216 g/mol. The summed E-state index contributed by atoms with van der Waals surface area (Å²) in [6, 6.07) is 0. The van der Waals surface area contributed by atoms with E-state index >= 15 is 0 Å². The summed E-state index contributed by atoms with van der Waals surface area (Å²) in [6.45, 7) is 9.77. The van der Waals surface area contributed by atoms with Crippen molar-refractivity contribution < 1.29 is 14.3 Å². The van der Waals surface area contributed by atoms with E-state index in [1.807, 2.05) is 20.8 Å². The highest BCUT2D eigenvalue weighted by atomic mass is 16.6. The van der Waals surface area contributed by atoms with Gasteiger partial charge in [-0.2, -0.15) is 0 Å². The first-order chi connectivity index (χ1) is 7.04. The lowest BCUT2D eigenvalue weighted by Crippen LogP contribution is -2.31. The Kier molecular flexibility index (Phi) is 7.39. The van der Waals surface area contributed by atoms with Crippen LogP contribution in [0.2, 0.25) is 0 Å². The minimum Gasteiger partial charge on any atom is -0.461 e. The fourth-order valence-corrected chi connectivity index (χ4v) is 1.34. The first kappa shape index (κ1) is 14.4. The smallest absolute Gasteiger partial charge is 0.335 e. The van der Waals surface area contributed by atoms with E-state index < -0.39 is 6.10 Å². The van der Waals surface area contributed by atoms with Gasteiger partial charge in [-0.1, -0.05) is 20.8 Å². The fourth-order valence-electron chi connectivity index (χ4n) is 1.34. The van der Waals surface area contributed by atoms with Gasteiger partial charge in [0, 0.05) is 0 Å². The third-order valence-electron chi connectivity index (χ3n) is 2.25. The van der Waals surface area contributed by atoms with Gasteiger partial charge in [-0.05, 0) is 33.1 Å². The highest BCUT2D eigenvalue weighted by Crippen LogP contribution is 2.11. The van der Waals surface area contributed by atoms with Gasteiger partial charge < -0.3 is 9.47 Å². The molecule has 0 aliphatic rings. The molecule has 0 saturated heterocycles. The number of rotatable bonds is 7. The molecule has 0 radical (unpaired) electrons. The standard InChI is InChI=1S/C12H24O3/c1-6-10(7-2)15-11(8-3)12(13)14-9(4)5/h9-11H,6-8H2,1-5H3. The lowest BCUT2D eigenvalue weighted by atomic mass is 10.2. The van der Waals surface area contributed by atoms with Crippen LogP contribution in [0.25, 0.3) is 0 Å². The SMILES string of the molecule is CCC(CC)OC(CC)C(=O)OC(C)C. The van der Waals surface area contributed by atoms with E-state index in [1.165, 1.54) is 0 Å². The van der Waals surface area contributed by atoms with Crippen molar-refractivity contribution >= 4 is 5.97 Å². The van der Waals surface area contributed by atoms with Gasteiger partial charge in [-0.3, -0.25) is 0 Å². The summed E-state index contributed by atoms with van der Waals surface area (Å²) in [6.07, 6.45) is 2.22. The molecule has 0 aromatic rings. The second kappa shape index (κ2) is 7.69. The first-order valence-corrected chi connectivity index (χ1v) is 5.90. The van der Waals surface area contributed by atoms with Crippen molar-refractivity contribution in [3.8, 4) is 0 Å². The van der Waals surface area contributed by atoms with Crippen molar-refractivity contribution in [2.24, 2.45) is 0 Å². The second-order valence-electron chi connectivity index (χ2n) is 3.96. The Morgan fingerprint density at radius 1 is 1.07 bits per heavy atom. The van der Waals surface area contributed by atoms with Crippen LogP contribution in [0.5, 0.6) is 0 Å². The van der Waals surface area contributed by atoms with Gasteiger partial charge in [0.15, 0.2) is 6.10 Å². The van der Waals surface area contributed by atoms with Crippen molar-refractivity contribution in [1.82, 2.24) is 0 Å². The summed E-state index contributed by atoms with van der Waals surface area (Å²) in [5.41, 5.74) is 0. The summed E-state index contributed by atoms with van der Waals surface area (Å²) in [4.78, 5) is 11.6. The molecule has 1 atom stereocenters. The van der Waals surface area contributed by atoms with Gasteiger partial charge in [-0.15, -0.1) is 0 Å². The van der Waals surface area contributed by atoms with Crippen molar-refractivity contribution in [3.05, 3.63) is 0 Å². The fraction of sp³-hybridized carbons (Fsp3) is 0.917. The third-order valence-corrected chi connectivity index (χ3v) is 2.25. The van der Waals surface area contributed by atoms with Gasteiger partial charge in [0.25, 0.3) is 0 Å². The molecule has 0 bridgehead atoms. The summed E-state index contributed by atoms with van der Waals surface area (Å²) in [5.74, 6) is -0.237. The van der Waals surface area contributed by atoms with Gasteiger partial charge in [0.2, 0.25) is 0 Å². The molecule has 3 heteroatoms. The van der Waals surface area contributed by atoms with Crippen LogP contribution in [-0.4, -0.2) is 24.3 Å². The molecule has 0 spiro atoms. The number of ether oxygens (including phenoxy) is 2. The predicted octanol–water partition coefficient (Wildman–Crippen LogP) is 2.92. The molecule has 3 nitrogen and oxygen atoms in total. The topological polar surface area (TPSA) is 35.5 Å². The van der Waals surface area contributed by atoms with Crippen LogP contribution in [0.1, 0.15) is 53.9 Å². The Hall–Kier alpha value is -0.570. The number of hydrogen-bond acceptors (Lipinski definition) is 3. The highest BCUT2D eigenvalue weighted by Gasteiger charge is 2.22. The van der Waals surface area contributed by atoms with Crippen LogP contribution >= 0.6 is 0 Å². The molecule has 1 unspecified atom stereocenters. The average Bonchev–Trinajstić information content (AvgIpc) is 2.18. The maximum absolute atomic E-state index is 11.6. The van der Waals surface area contributed by atoms with Crippen molar-refractivity contribution in [2.45, 2.75) is 72.2 Å². The molecule has 0 aromatic heterocycles. The van der Waals surface area contributed by atoms with Gasteiger partial charge in [-0.25, -0.2) is 4.79 Å². The number of esters is 1. The predicted molar refractivity (Wildman–Crippen MR) is 60.8 cm³/mol. The Morgan fingerprint density at radius 3 is 1.93 bits per heavy atom. The van der Waals surface area contributed by atoms with Gasteiger partial charge >= 0.3 is 5.97 Å². The van der Waals surface area contributed by atoms with Crippen LogP contribution in [0.4, 0.5) is 0 Å². The zero-order valence-corrected chi connectivity index (χ0v) is 10.6. The minimum absolute atomic E-state index is 0.0724. The largest absolute Gasteiger partial charge is 0.461 e. The maximum Gasteiger partial charge on any atom is 0.335 e. The Morgan fingerprint density at radius 2 is 1.60 bits per heavy atom. The number of carbonyl (C=O) groups excluding carboxylic acids is 1. The molecule has 0 saturated carbocycles. The molecule has 0 aliphatic carbocycles. The van der Waals surface area contributed by atoms with E-state index in [0.717, 1.165) is 12.8 Å². The normalized spacial score (nSPS) is 13.3.